The van der Waals surface area contributed by atoms with E-state index >= 15 is 0 Å². The molecule has 0 aromatic heterocycles. The van der Waals surface area contributed by atoms with E-state index in [1.807, 2.05) is 0 Å². The van der Waals surface area contributed by atoms with E-state index in [0.29, 0.717) is 0 Å². The molecule has 6 nitrogen and oxygen atoms in total. The molecule has 0 aliphatic heterocycles. The number of anilines is 1. The number of hydrogen-bond donors (Lipinski definition) is 1. The van der Waals surface area contributed by atoms with Crippen molar-refractivity contribution in [3.05, 3.63) is 64.0 Å². The van der Waals surface area contributed by atoms with Gasteiger partial charge in [0.15, 0.2) is 5.75 Å². The molecule has 0 atom stereocenters. The van der Waals surface area contributed by atoms with Crippen LogP contribution in [0.4, 0.5) is 15.8 Å². The molecular formula is C14H11FN2O4. The molecule has 0 heterocycles. The first-order valence-corrected chi connectivity index (χ1v) is 5.91. The average molecular weight is 290 g/mol. The predicted octanol–water partition coefficient (Wildman–Crippen LogP) is 2.99. The molecule has 2 aromatic carbocycles. The minimum Gasteiger partial charge on any atom is -0.490 e. The molecule has 0 aliphatic carbocycles. The van der Waals surface area contributed by atoms with Gasteiger partial charge in [-0.05, 0) is 24.3 Å². The highest BCUT2D eigenvalue weighted by Crippen LogP contribution is 2.28. The van der Waals surface area contributed by atoms with Crippen LogP contribution in [0.1, 0.15) is 10.4 Å². The van der Waals surface area contributed by atoms with E-state index in [1.54, 1.807) is 6.07 Å². The number of carbonyl (C=O) groups excluding carboxylic acids is 1. The zero-order valence-corrected chi connectivity index (χ0v) is 11.0. The summed E-state index contributed by atoms with van der Waals surface area (Å²) in [6, 6.07) is 9.40. The van der Waals surface area contributed by atoms with Crippen LogP contribution in [0.15, 0.2) is 42.5 Å². The van der Waals surface area contributed by atoms with Crippen molar-refractivity contribution in [3.8, 4) is 5.75 Å². The van der Waals surface area contributed by atoms with Gasteiger partial charge in [0.25, 0.3) is 5.91 Å². The number of ether oxygens (including phenoxy) is 1. The quantitative estimate of drug-likeness (QED) is 0.693. The molecule has 108 valence electrons. The molecule has 0 bridgehead atoms. The van der Waals surface area contributed by atoms with E-state index in [-0.39, 0.29) is 22.7 Å². The lowest BCUT2D eigenvalue weighted by atomic mass is 10.1. The molecule has 7 heteroatoms. The van der Waals surface area contributed by atoms with Crippen molar-refractivity contribution in [1.82, 2.24) is 0 Å². The Balaban J connectivity index is 2.30. The van der Waals surface area contributed by atoms with E-state index in [0.717, 1.165) is 6.07 Å². The van der Waals surface area contributed by atoms with Crippen LogP contribution in [-0.2, 0) is 0 Å². The molecule has 1 N–H and O–H groups in total. The highest BCUT2D eigenvalue weighted by molar-refractivity contribution is 6.04. The van der Waals surface area contributed by atoms with Gasteiger partial charge in [-0.1, -0.05) is 12.1 Å². The number of nitro benzene ring substituents is 1. The number of hydrogen-bond acceptors (Lipinski definition) is 4. The van der Waals surface area contributed by atoms with Crippen LogP contribution in [0.3, 0.4) is 0 Å². The summed E-state index contributed by atoms with van der Waals surface area (Å²) >= 11 is 0. The highest BCUT2D eigenvalue weighted by Gasteiger charge is 2.18. The molecule has 0 saturated heterocycles. The summed E-state index contributed by atoms with van der Waals surface area (Å²) in [6.45, 7) is 0. The molecule has 0 spiro atoms. The second-order valence-electron chi connectivity index (χ2n) is 4.08. The monoisotopic (exact) mass is 290 g/mol. The molecule has 21 heavy (non-hydrogen) atoms. The minimum atomic E-state index is -0.654. The molecule has 2 rings (SSSR count). The lowest BCUT2D eigenvalue weighted by Gasteiger charge is -2.07. The third-order valence-corrected chi connectivity index (χ3v) is 2.76. The molecule has 1 amide bonds. The summed E-state index contributed by atoms with van der Waals surface area (Å²) in [7, 11) is 1.29. The highest BCUT2D eigenvalue weighted by atomic mass is 19.1. The van der Waals surface area contributed by atoms with E-state index in [2.05, 4.69) is 5.32 Å². The van der Waals surface area contributed by atoms with Gasteiger partial charge in [-0.2, -0.15) is 0 Å². The van der Waals surface area contributed by atoms with Gasteiger partial charge in [0.2, 0.25) is 0 Å². The van der Waals surface area contributed by atoms with Gasteiger partial charge in [0.05, 0.1) is 17.7 Å². The van der Waals surface area contributed by atoms with Crippen LogP contribution in [0, 0.1) is 15.9 Å². The van der Waals surface area contributed by atoms with Crippen LogP contribution in [0.5, 0.6) is 5.75 Å². The maximum Gasteiger partial charge on any atom is 0.311 e. The Morgan fingerprint density at radius 2 is 2.00 bits per heavy atom. The summed E-state index contributed by atoms with van der Waals surface area (Å²) in [5.41, 5.74) is -0.301. The standard InChI is InChI=1S/C14H11FN2O4/c1-21-13-7-6-9(8-12(13)17(19)20)14(18)16-11-5-3-2-4-10(11)15/h2-8H,1H3,(H,16,18). The van der Waals surface area contributed by atoms with E-state index in [1.165, 1.54) is 37.4 Å². The summed E-state index contributed by atoms with van der Waals surface area (Å²) in [4.78, 5) is 22.2. The molecular weight excluding hydrogens is 279 g/mol. The summed E-state index contributed by atoms with van der Waals surface area (Å²) < 4.78 is 18.3. The number of nitro groups is 1. The first kappa shape index (κ1) is 14.4. The Labute approximate surface area is 119 Å². The smallest absolute Gasteiger partial charge is 0.311 e. The van der Waals surface area contributed by atoms with Gasteiger partial charge in [0.1, 0.15) is 5.82 Å². The topological polar surface area (TPSA) is 81.5 Å². The lowest BCUT2D eigenvalue weighted by molar-refractivity contribution is -0.385. The fourth-order valence-corrected chi connectivity index (χ4v) is 1.73. The number of halogens is 1. The van der Waals surface area contributed by atoms with Crippen LogP contribution in [-0.4, -0.2) is 17.9 Å². The Bertz CT molecular complexity index is 703. The van der Waals surface area contributed by atoms with Crippen molar-refractivity contribution < 1.29 is 18.8 Å². The number of nitrogens with one attached hydrogen (secondary N) is 1. The Morgan fingerprint density at radius 3 is 2.62 bits per heavy atom. The summed E-state index contributed by atoms with van der Waals surface area (Å²) in [5.74, 6) is -1.19. The Morgan fingerprint density at radius 1 is 1.29 bits per heavy atom. The van der Waals surface area contributed by atoms with Crippen molar-refractivity contribution >= 4 is 17.3 Å². The van der Waals surface area contributed by atoms with Crippen molar-refractivity contribution in [2.24, 2.45) is 0 Å². The van der Waals surface area contributed by atoms with Gasteiger partial charge < -0.3 is 10.1 Å². The van der Waals surface area contributed by atoms with Crippen molar-refractivity contribution in [2.75, 3.05) is 12.4 Å². The van der Waals surface area contributed by atoms with Crippen molar-refractivity contribution in [3.63, 3.8) is 0 Å². The molecule has 0 aliphatic rings. The van der Waals surface area contributed by atoms with E-state index in [4.69, 9.17) is 4.74 Å². The van der Waals surface area contributed by atoms with E-state index < -0.39 is 16.6 Å². The first-order chi connectivity index (χ1) is 10.0. The van der Waals surface area contributed by atoms with Gasteiger partial charge in [-0.3, -0.25) is 14.9 Å². The Hall–Kier alpha value is -2.96. The minimum absolute atomic E-state index is 0.000899. The normalized spacial score (nSPS) is 10.0. The van der Waals surface area contributed by atoms with Gasteiger partial charge in [0, 0.05) is 11.6 Å². The predicted molar refractivity (Wildman–Crippen MR) is 74.0 cm³/mol. The van der Waals surface area contributed by atoms with Crippen LogP contribution in [0.2, 0.25) is 0 Å². The maximum absolute atomic E-state index is 13.4. The SMILES string of the molecule is COc1ccc(C(=O)Nc2ccccc2F)cc1[N+](=O)[O-]. The molecule has 0 fully saturated rings. The number of rotatable bonds is 4. The maximum atomic E-state index is 13.4. The fourth-order valence-electron chi connectivity index (χ4n) is 1.73. The molecule has 0 unspecified atom stereocenters. The second-order valence-corrected chi connectivity index (χ2v) is 4.08. The Kier molecular flexibility index (Phi) is 4.13. The zero-order valence-electron chi connectivity index (χ0n) is 11.0. The number of para-hydroxylation sites is 1. The lowest BCUT2D eigenvalue weighted by Crippen LogP contribution is -2.13. The van der Waals surface area contributed by atoms with Crippen LogP contribution in [0.25, 0.3) is 0 Å². The van der Waals surface area contributed by atoms with Crippen molar-refractivity contribution in [1.29, 1.82) is 0 Å². The van der Waals surface area contributed by atoms with Gasteiger partial charge >= 0.3 is 5.69 Å². The van der Waals surface area contributed by atoms with Crippen LogP contribution < -0.4 is 10.1 Å². The molecule has 2 aromatic rings. The number of amides is 1. The third-order valence-electron chi connectivity index (χ3n) is 2.76. The number of nitrogens with zero attached hydrogens (tertiary/aromatic N) is 1. The number of benzene rings is 2. The largest absolute Gasteiger partial charge is 0.490 e. The van der Waals surface area contributed by atoms with Crippen LogP contribution >= 0.6 is 0 Å². The molecule has 0 saturated carbocycles. The first-order valence-electron chi connectivity index (χ1n) is 5.91. The van der Waals surface area contributed by atoms with Crippen molar-refractivity contribution in [2.45, 2.75) is 0 Å². The number of carbonyl (C=O) groups is 1. The third kappa shape index (κ3) is 3.14. The van der Waals surface area contributed by atoms with Gasteiger partial charge in [-0.15, -0.1) is 0 Å². The summed E-state index contributed by atoms with van der Waals surface area (Å²) in [6.07, 6.45) is 0. The van der Waals surface area contributed by atoms with Gasteiger partial charge in [-0.25, -0.2) is 4.39 Å². The fraction of sp³-hybridized carbons (Fsp3) is 0.0714. The summed E-state index contributed by atoms with van der Waals surface area (Å²) in [5, 5.41) is 13.3. The zero-order chi connectivity index (χ0) is 15.4. The second kappa shape index (κ2) is 6.00. The molecule has 0 radical (unpaired) electrons. The average Bonchev–Trinajstić information content (AvgIpc) is 2.48. The van der Waals surface area contributed by atoms with E-state index in [9.17, 15) is 19.3 Å². The number of methoxy groups -OCH3 is 1.